The van der Waals surface area contributed by atoms with E-state index in [1.54, 1.807) is 37.7 Å². The zero-order valence-electron chi connectivity index (χ0n) is 18.4. The second-order valence-corrected chi connectivity index (χ2v) is 8.24. The van der Waals surface area contributed by atoms with Gasteiger partial charge >= 0.3 is 0 Å². The van der Waals surface area contributed by atoms with E-state index in [-0.39, 0.29) is 0 Å². The third-order valence-electron chi connectivity index (χ3n) is 4.31. The fourth-order valence-corrected chi connectivity index (χ4v) is 3.81. The van der Waals surface area contributed by atoms with Gasteiger partial charge in [-0.25, -0.2) is 9.97 Å². The number of ether oxygens (including phenoxy) is 2. The van der Waals surface area contributed by atoms with Crippen molar-refractivity contribution in [2.75, 3.05) is 31.4 Å². The number of nitrogens with zero attached hydrogens (tertiary/aromatic N) is 3. The molecule has 3 N–H and O–H groups in total. The number of aliphatic imine (C=N–C) groups is 1. The average Bonchev–Trinajstić information content (AvgIpc) is 3.26. The maximum Gasteiger partial charge on any atom is 0.229 e. The van der Waals surface area contributed by atoms with Crippen LogP contribution in [-0.2, 0) is 6.42 Å². The monoisotopic (exact) mass is 470 g/mol. The summed E-state index contributed by atoms with van der Waals surface area (Å²) in [6, 6.07) is 11.5. The van der Waals surface area contributed by atoms with Gasteiger partial charge in [-0.15, -0.1) is 11.3 Å². The first-order valence-electron chi connectivity index (χ1n) is 9.93. The fraction of sp³-hybridized carbons (Fsp3) is 0.273. The molecule has 3 rings (SSSR count). The molecule has 0 atom stereocenters. The molecule has 168 valence electrons. The molecule has 0 aliphatic carbocycles. The first-order valence-corrected chi connectivity index (χ1v) is 11.2. The number of rotatable bonds is 7. The van der Waals surface area contributed by atoms with E-state index in [1.807, 2.05) is 32.0 Å². The van der Waals surface area contributed by atoms with E-state index >= 15 is 0 Å². The summed E-state index contributed by atoms with van der Waals surface area (Å²) in [7, 11) is 3.20. The molecule has 0 spiro atoms. The van der Waals surface area contributed by atoms with Gasteiger partial charge in [-0.05, 0) is 55.7 Å². The molecule has 0 saturated carbocycles. The van der Waals surface area contributed by atoms with Crippen molar-refractivity contribution >= 4 is 46.3 Å². The lowest BCUT2D eigenvalue weighted by atomic mass is 10.2. The summed E-state index contributed by atoms with van der Waals surface area (Å²) in [5.74, 6) is 2.22. The molecule has 0 bridgehead atoms. The van der Waals surface area contributed by atoms with Crippen molar-refractivity contribution in [2.45, 2.75) is 20.3 Å². The maximum absolute atomic E-state index is 5.52. The Bertz CT molecular complexity index is 1070. The van der Waals surface area contributed by atoms with E-state index in [4.69, 9.17) is 21.7 Å². The van der Waals surface area contributed by atoms with Crippen LogP contribution in [0.5, 0.6) is 11.5 Å². The minimum atomic E-state index is 0.336. The summed E-state index contributed by atoms with van der Waals surface area (Å²) < 4.78 is 10.7. The van der Waals surface area contributed by atoms with Crippen LogP contribution in [0.25, 0.3) is 0 Å². The summed E-state index contributed by atoms with van der Waals surface area (Å²) in [6.45, 7) is 4.41. The van der Waals surface area contributed by atoms with Gasteiger partial charge in [-0.2, -0.15) is 0 Å². The lowest BCUT2D eigenvalue weighted by Gasteiger charge is -2.16. The van der Waals surface area contributed by atoms with Gasteiger partial charge in [-0.1, -0.05) is 6.07 Å². The highest BCUT2D eigenvalue weighted by atomic mass is 32.1. The summed E-state index contributed by atoms with van der Waals surface area (Å²) in [6.07, 6.45) is 0.822. The molecule has 32 heavy (non-hydrogen) atoms. The number of thiocarbonyl (C=S) groups is 1. The van der Waals surface area contributed by atoms with Crippen LogP contribution >= 0.6 is 23.6 Å². The van der Waals surface area contributed by atoms with Crippen molar-refractivity contribution in [3.05, 3.63) is 58.0 Å². The summed E-state index contributed by atoms with van der Waals surface area (Å²) in [5, 5.41) is 11.8. The zero-order chi connectivity index (χ0) is 22.9. The van der Waals surface area contributed by atoms with Crippen LogP contribution in [-0.4, -0.2) is 41.8 Å². The molecule has 1 aromatic carbocycles. The second-order valence-electron chi connectivity index (χ2n) is 6.80. The van der Waals surface area contributed by atoms with Gasteiger partial charge in [0.2, 0.25) is 11.9 Å². The van der Waals surface area contributed by atoms with Crippen LogP contribution in [0.1, 0.15) is 16.3 Å². The number of methoxy groups -OCH3 is 2. The molecule has 8 nitrogen and oxygen atoms in total. The predicted molar refractivity (Wildman–Crippen MR) is 134 cm³/mol. The highest BCUT2D eigenvalue weighted by Gasteiger charge is 2.10. The van der Waals surface area contributed by atoms with Crippen LogP contribution in [0.4, 0.5) is 11.6 Å². The third-order valence-corrected chi connectivity index (χ3v) is 5.45. The van der Waals surface area contributed by atoms with E-state index in [0.29, 0.717) is 40.8 Å². The summed E-state index contributed by atoms with van der Waals surface area (Å²) in [5.41, 5.74) is 2.39. The van der Waals surface area contributed by atoms with E-state index in [0.717, 1.165) is 17.8 Å². The SMILES string of the molecule is COc1ccc(OC)c(NC(=S)NC(=NCCc2cccs2)Nc2nc(C)cc(C)n2)c1. The molecular weight excluding hydrogens is 444 g/mol. The number of guanidine groups is 1. The fourth-order valence-electron chi connectivity index (χ4n) is 2.90. The normalized spacial score (nSPS) is 11.1. The Balaban J connectivity index is 1.75. The molecule has 0 aliphatic rings. The van der Waals surface area contributed by atoms with E-state index in [9.17, 15) is 0 Å². The number of aromatic nitrogens is 2. The van der Waals surface area contributed by atoms with Crippen LogP contribution in [0.2, 0.25) is 0 Å². The van der Waals surface area contributed by atoms with Crippen LogP contribution in [0, 0.1) is 13.8 Å². The van der Waals surface area contributed by atoms with Crippen molar-refractivity contribution in [3.8, 4) is 11.5 Å². The van der Waals surface area contributed by atoms with Crippen molar-refractivity contribution in [1.82, 2.24) is 15.3 Å². The first kappa shape index (κ1) is 23.4. The van der Waals surface area contributed by atoms with Crippen molar-refractivity contribution in [3.63, 3.8) is 0 Å². The van der Waals surface area contributed by atoms with E-state index < -0.39 is 0 Å². The van der Waals surface area contributed by atoms with Gasteiger partial charge in [0.25, 0.3) is 0 Å². The molecule has 0 saturated heterocycles. The Hall–Kier alpha value is -3.24. The minimum absolute atomic E-state index is 0.336. The molecular formula is C22H26N6O2S2. The van der Waals surface area contributed by atoms with Crippen LogP contribution < -0.4 is 25.4 Å². The highest BCUT2D eigenvalue weighted by molar-refractivity contribution is 7.80. The molecule has 2 heterocycles. The quantitative estimate of drug-likeness (QED) is 0.269. The van der Waals surface area contributed by atoms with Crippen LogP contribution in [0.15, 0.2) is 46.8 Å². The molecule has 2 aromatic heterocycles. The number of thiophene rings is 1. The second kappa shape index (κ2) is 11.4. The van der Waals surface area contributed by atoms with Crippen molar-refractivity contribution < 1.29 is 9.47 Å². The van der Waals surface area contributed by atoms with Crippen LogP contribution in [0.3, 0.4) is 0 Å². The van der Waals surface area contributed by atoms with E-state index in [1.165, 1.54) is 4.88 Å². The Labute approximate surface area is 197 Å². The highest BCUT2D eigenvalue weighted by Crippen LogP contribution is 2.28. The number of aryl methyl sites for hydroxylation is 2. The summed E-state index contributed by atoms with van der Waals surface area (Å²) in [4.78, 5) is 14.8. The Kier molecular flexibility index (Phi) is 8.34. The maximum atomic E-state index is 5.52. The van der Waals surface area contributed by atoms with Crippen molar-refractivity contribution in [2.24, 2.45) is 4.99 Å². The van der Waals surface area contributed by atoms with E-state index in [2.05, 4.69) is 42.4 Å². The molecule has 3 aromatic rings. The lowest BCUT2D eigenvalue weighted by molar-refractivity contribution is 0.405. The number of hydrogen-bond donors (Lipinski definition) is 3. The number of benzene rings is 1. The molecule has 0 unspecified atom stereocenters. The Morgan fingerprint density at radius 2 is 1.84 bits per heavy atom. The van der Waals surface area contributed by atoms with Crippen molar-refractivity contribution in [1.29, 1.82) is 0 Å². The van der Waals surface area contributed by atoms with Gasteiger partial charge in [0.05, 0.1) is 19.9 Å². The van der Waals surface area contributed by atoms with Gasteiger partial charge in [0.15, 0.2) is 5.11 Å². The topological polar surface area (TPSA) is 92.7 Å². The molecule has 10 heteroatoms. The van der Waals surface area contributed by atoms with Gasteiger partial charge in [0.1, 0.15) is 11.5 Å². The van der Waals surface area contributed by atoms with Gasteiger partial charge < -0.3 is 20.1 Å². The Morgan fingerprint density at radius 1 is 1.06 bits per heavy atom. The Morgan fingerprint density at radius 3 is 2.50 bits per heavy atom. The standard InChI is InChI=1S/C22H26N6O2S2/c1-14-12-15(2)25-21(24-14)27-20(23-10-9-17-6-5-11-32-17)28-22(31)26-18-13-16(29-3)7-8-19(18)30-4/h5-8,11-13H,9-10H2,1-4H3,(H3,23,24,25,26,27,28,31). The molecule has 0 aliphatic heterocycles. The number of anilines is 2. The zero-order valence-corrected chi connectivity index (χ0v) is 20.1. The van der Waals surface area contributed by atoms with Gasteiger partial charge in [0, 0.05) is 35.3 Å². The first-order chi connectivity index (χ1) is 15.5. The number of nitrogens with one attached hydrogen (secondary N) is 3. The average molecular weight is 471 g/mol. The molecule has 0 fully saturated rings. The summed E-state index contributed by atoms with van der Waals surface area (Å²) >= 11 is 7.23. The predicted octanol–water partition coefficient (Wildman–Crippen LogP) is 4.17. The molecule has 0 radical (unpaired) electrons. The lowest BCUT2D eigenvalue weighted by Crippen LogP contribution is -2.39. The minimum Gasteiger partial charge on any atom is -0.497 e. The smallest absolute Gasteiger partial charge is 0.229 e. The number of hydrogen-bond acceptors (Lipinski definition) is 7. The molecule has 0 amide bonds. The third kappa shape index (κ3) is 6.89. The van der Waals surface area contributed by atoms with Gasteiger partial charge in [-0.3, -0.25) is 10.3 Å². The largest absolute Gasteiger partial charge is 0.497 e.